The van der Waals surface area contributed by atoms with Gasteiger partial charge in [0.2, 0.25) is 0 Å². The molecule has 0 aromatic heterocycles. The Morgan fingerprint density at radius 1 is 1.14 bits per heavy atom. The van der Waals surface area contributed by atoms with Crippen molar-refractivity contribution >= 4 is 23.6 Å². The molecule has 1 aliphatic heterocycles. The van der Waals surface area contributed by atoms with Crippen molar-refractivity contribution in [3.05, 3.63) is 70.9 Å². The quantitative estimate of drug-likeness (QED) is 0.491. The number of methoxy groups -OCH3 is 1. The Bertz CT molecular complexity index is 1130. The van der Waals surface area contributed by atoms with E-state index in [2.05, 4.69) is 10.6 Å². The van der Waals surface area contributed by atoms with Gasteiger partial charge in [-0.1, -0.05) is 31.5 Å². The van der Waals surface area contributed by atoms with Gasteiger partial charge < -0.3 is 20.1 Å². The number of hydrogen-bond donors (Lipinski definition) is 2. The Morgan fingerprint density at radius 2 is 1.89 bits per heavy atom. The number of ether oxygens (including phenoxy) is 2. The molecule has 0 fully saturated rings. The number of carbonyl (C=O) groups excluding carboxylic acids is 3. The Morgan fingerprint density at radius 3 is 2.57 bits per heavy atom. The predicted molar refractivity (Wildman–Crippen MR) is 134 cm³/mol. The summed E-state index contributed by atoms with van der Waals surface area (Å²) in [6.07, 6.45) is 1.42. The SMILES string of the molecule is CCCCN1C(=O)NC(c2cccc(NC(=O)c3cccc(OC)c3)c2)C(C(=O)OC(C)C)=C1C. The number of carbonyl (C=O) groups is 3. The zero-order valence-electron chi connectivity index (χ0n) is 20.9. The number of benzene rings is 2. The van der Waals surface area contributed by atoms with Crippen LogP contribution in [0.4, 0.5) is 10.5 Å². The monoisotopic (exact) mass is 479 g/mol. The number of rotatable bonds is 9. The Kier molecular flexibility index (Phi) is 8.52. The number of allylic oxidation sites excluding steroid dienone is 1. The number of anilines is 1. The van der Waals surface area contributed by atoms with Crippen LogP contribution in [-0.2, 0) is 9.53 Å². The predicted octanol–water partition coefficient (Wildman–Crippen LogP) is 5.04. The lowest BCUT2D eigenvalue weighted by molar-refractivity contribution is -0.143. The smallest absolute Gasteiger partial charge is 0.338 e. The minimum absolute atomic E-state index is 0.270. The Hall–Kier alpha value is -3.81. The second-order valence-electron chi connectivity index (χ2n) is 8.65. The summed E-state index contributed by atoms with van der Waals surface area (Å²) < 4.78 is 10.7. The topological polar surface area (TPSA) is 97.0 Å². The number of nitrogens with one attached hydrogen (secondary N) is 2. The number of amides is 3. The lowest BCUT2D eigenvalue weighted by Crippen LogP contribution is -2.48. The van der Waals surface area contributed by atoms with Gasteiger partial charge in [-0.15, -0.1) is 0 Å². The molecule has 2 N–H and O–H groups in total. The molecule has 0 radical (unpaired) electrons. The van der Waals surface area contributed by atoms with Crippen molar-refractivity contribution in [2.75, 3.05) is 19.0 Å². The number of nitrogens with zero attached hydrogens (tertiary/aromatic N) is 1. The molecule has 0 aliphatic carbocycles. The first kappa shape index (κ1) is 25.8. The molecular weight excluding hydrogens is 446 g/mol. The highest BCUT2D eigenvalue weighted by Gasteiger charge is 2.36. The summed E-state index contributed by atoms with van der Waals surface area (Å²) in [6, 6.07) is 13.0. The van der Waals surface area contributed by atoms with Crippen LogP contribution < -0.4 is 15.4 Å². The van der Waals surface area contributed by atoms with Gasteiger partial charge in [0.25, 0.3) is 5.91 Å². The molecule has 0 saturated carbocycles. The van der Waals surface area contributed by atoms with Crippen molar-refractivity contribution < 1.29 is 23.9 Å². The van der Waals surface area contributed by atoms with Gasteiger partial charge >= 0.3 is 12.0 Å². The molecular formula is C27H33N3O5. The first-order valence-corrected chi connectivity index (χ1v) is 11.8. The van der Waals surface area contributed by atoms with E-state index >= 15 is 0 Å². The molecule has 3 rings (SSSR count). The first-order valence-electron chi connectivity index (χ1n) is 11.8. The second-order valence-corrected chi connectivity index (χ2v) is 8.65. The van der Waals surface area contributed by atoms with Gasteiger partial charge in [-0.05, 0) is 63.1 Å². The third-order valence-corrected chi connectivity index (χ3v) is 5.70. The highest BCUT2D eigenvalue weighted by molar-refractivity contribution is 6.04. The van der Waals surface area contributed by atoms with Crippen LogP contribution in [0.25, 0.3) is 0 Å². The third kappa shape index (κ3) is 6.20. The van der Waals surface area contributed by atoms with Crippen LogP contribution >= 0.6 is 0 Å². The van der Waals surface area contributed by atoms with Crippen molar-refractivity contribution in [1.82, 2.24) is 10.2 Å². The molecule has 8 heteroatoms. The summed E-state index contributed by atoms with van der Waals surface area (Å²) >= 11 is 0. The third-order valence-electron chi connectivity index (χ3n) is 5.70. The molecule has 35 heavy (non-hydrogen) atoms. The summed E-state index contributed by atoms with van der Waals surface area (Å²) in [5, 5.41) is 5.83. The van der Waals surface area contributed by atoms with E-state index in [4.69, 9.17) is 9.47 Å². The lowest BCUT2D eigenvalue weighted by atomic mass is 9.94. The molecule has 8 nitrogen and oxygen atoms in total. The maximum absolute atomic E-state index is 13.1. The Balaban J connectivity index is 1.93. The van der Waals surface area contributed by atoms with E-state index in [0.717, 1.165) is 12.8 Å². The molecule has 186 valence electrons. The molecule has 0 bridgehead atoms. The number of hydrogen-bond acceptors (Lipinski definition) is 5. The fourth-order valence-electron chi connectivity index (χ4n) is 3.92. The standard InChI is InChI=1S/C27H33N3O5/c1-6-7-14-30-18(4)23(26(32)35-17(2)3)24(29-27(30)33)19-10-8-12-21(15-19)28-25(31)20-11-9-13-22(16-20)34-5/h8-13,15-17,24H,6-7,14H2,1-5H3,(H,28,31)(H,29,33). The minimum atomic E-state index is -0.708. The largest absolute Gasteiger partial charge is 0.497 e. The van der Waals surface area contributed by atoms with Crippen LogP contribution in [0, 0.1) is 0 Å². The number of unbranched alkanes of at least 4 members (excludes halogenated alkanes) is 1. The summed E-state index contributed by atoms with van der Waals surface area (Å²) in [7, 11) is 1.54. The molecule has 1 unspecified atom stereocenters. The van der Waals surface area contributed by atoms with E-state index in [9.17, 15) is 14.4 Å². The molecule has 0 saturated heterocycles. The van der Waals surface area contributed by atoms with Crippen molar-refractivity contribution in [2.24, 2.45) is 0 Å². The minimum Gasteiger partial charge on any atom is -0.497 e. The fourth-order valence-corrected chi connectivity index (χ4v) is 3.92. The van der Waals surface area contributed by atoms with Crippen LogP contribution in [0.3, 0.4) is 0 Å². The van der Waals surface area contributed by atoms with E-state index in [1.165, 1.54) is 0 Å². The van der Waals surface area contributed by atoms with Gasteiger partial charge in [0.15, 0.2) is 0 Å². The summed E-state index contributed by atoms with van der Waals surface area (Å²) in [5.41, 5.74) is 2.60. The lowest BCUT2D eigenvalue weighted by Gasteiger charge is -2.35. The molecule has 1 heterocycles. The first-order chi connectivity index (χ1) is 16.7. The van der Waals surface area contributed by atoms with Gasteiger partial charge in [-0.25, -0.2) is 9.59 Å². The molecule has 2 aromatic rings. The average Bonchev–Trinajstić information content (AvgIpc) is 2.83. The van der Waals surface area contributed by atoms with Crippen LogP contribution in [0.1, 0.15) is 62.5 Å². The van der Waals surface area contributed by atoms with Gasteiger partial charge in [0, 0.05) is 23.5 Å². The van der Waals surface area contributed by atoms with Crippen molar-refractivity contribution in [2.45, 2.75) is 52.7 Å². The van der Waals surface area contributed by atoms with E-state index in [-0.39, 0.29) is 18.0 Å². The average molecular weight is 480 g/mol. The van der Waals surface area contributed by atoms with Crippen molar-refractivity contribution in [3.8, 4) is 5.75 Å². The van der Waals surface area contributed by atoms with Crippen LogP contribution in [0.2, 0.25) is 0 Å². The van der Waals surface area contributed by atoms with E-state index in [1.807, 2.05) is 13.0 Å². The van der Waals surface area contributed by atoms with Gasteiger partial charge in [0.1, 0.15) is 5.75 Å². The van der Waals surface area contributed by atoms with Gasteiger partial charge in [0.05, 0.1) is 24.8 Å². The van der Waals surface area contributed by atoms with E-state index in [1.54, 1.807) is 75.2 Å². The van der Waals surface area contributed by atoms with Crippen molar-refractivity contribution in [1.29, 1.82) is 0 Å². The maximum atomic E-state index is 13.1. The van der Waals surface area contributed by atoms with Crippen LogP contribution in [-0.4, -0.2) is 42.6 Å². The zero-order valence-corrected chi connectivity index (χ0v) is 20.9. The normalized spacial score (nSPS) is 15.7. The molecule has 0 spiro atoms. The number of urea groups is 1. The maximum Gasteiger partial charge on any atom is 0.338 e. The molecule has 1 aliphatic rings. The number of esters is 1. The highest BCUT2D eigenvalue weighted by atomic mass is 16.5. The Labute approximate surface area is 206 Å². The van der Waals surface area contributed by atoms with E-state index < -0.39 is 12.0 Å². The van der Waals surface area contributed by atoms with Gasteiger partial charge in [-0.2, -0.15) is 0 Å². The molecule has 3 amide bonds. The van der Waals surface area contributed by atoms with Crippen molar-refractivity contribution in [3.63, 3.8) is 0 Å². The zero-order chi connectivity index (χ0) is 25.5. The summed E-state index contributed by atoms with van der Waals surface area (Å²) in [4.78, 5) is 40.4. The molecule has 2 aromatic carbocycles. The molecule has 1 atom stereocenters. The summed E-state index contributed by atoms with van der Waals surface area (Å²) in [5.74, 6) is -0.196. The summed E-state index contributed by atoms with van der Waals surface area (Å²) in [6.45, 7) is 7.90. The van der Waals surface area contributed by atoms with Crippen LogP contribution in [0.15, 0.2) is 59.8 Å². The fraction of sp³-hybridized carbons (Fsp3) is 0.370. The highest BCUT2D eigenvalue weighted by Crippen LogP contribution is 2.33. The van der Waals surface area contributed by atoms with E-state index in [0.29, 0.717) is 40.4 Å². The second kappa shape index (κ2) is 11.6. The van der Waals surface area contributed by atoms with Crippen LogP contribution in [0.5, 0.6) is 5.75 Å². The van der Waals surface area contributed by atoms with Gasteiger partial charge in [-0.3, -0.25) is 9.69 Å².